The van der Waals surface area contributed by atoms with Crippen LogP contribution >= 0.6 is 0 Å². The number of halogens is 3. The summed E-state index contributed by atoms with van der Waals surface area (Å²) in [6.07, 6.45) is -2.94. The van der Waals surface area contributed by atoms with Gasteiger partial charge in [-0.05, 0) is 60.8 Å². The van der Waals surface area contributed by atoms with E-state index < -0.39 is 11.7 Å². The summed E-state index contributed by atoms with van der Waals surface area (Å²) in [7, 11) is 3.74. The van der Waals surface area contributed by atoms with E-state index in [1.54, 1.807) is 18.2 Å². The number of likely N-dealkylation sites (N-methyl/N-ethyl adjacent to an activating group) is 1. The minimum Gasteiger partial charge on any atom is -0.308 e. The minimum absolute atomic E-state index is 0.244. The van der Waals surface area contributed by atoms with Gasteiger partial charge in [-0.1, -0.05) is 36.4 Å². The van der Waals surface area contributed by atoms with Gasteiger partial charge >= 0.3 is 6.18 Å². The van der Waals surface area contributed by atoms with Gasteiger partial charge in [0.25, 0.3) is 11.8 Å². The van der Waals surface area contributed by atoms with Crippen LogP contribution in [0.5, 0.6) is 0 Å². The largest absolute Gasteiger partial charge is 0.416 e. The Morgan fingerprint density at radius 2 is 1.56 bits per heavy atom. The molecule has 0 spiro atoms. The van der Waals surface area contributed by atoms with Crippen LogP contribution in [-0.2, 0) is 6.18 Å². The number of amides is 2. The van der Waals surface area contributed by atoms with E-state index in [0.717, 1.165) is 22.9 Å². The Morgan fingerprint density at radius 3 is 2.22 bits per heavy atom. The van der Waals surface area contributed by atoms with E-state index in [-0.39, 0.29) is 18.4 Å². The van der Waals surface area contributed by atoms with E-state index in [0.29, 0.717) is 39.7 Å². The highest BCUT2D eigenvalue weighted by atomic mass is 19.4. The molecule has 0 aromatic heterocycles. The maximum Gasteiger partial charge on any atom is 0.416 e. The summed E-state index contributed by atoms with van der Waals surface area (Å²) in [4.78, 5) is 34.7. The predicted octanol–water partition coefficient (Wildman–Crippen LogP) is 5.92. The SMILES string of the molecule is CN(C)CCN1C(=O)c2cccc3cc4cccc(N=Cc5ccc(C(F)(F)F)cc5)c4c(c23)C1=O. The first kappa shape index (κ1) is 23.7. The van der Waals surface area contributed by atoms with Crippen LogP contribution in [-0.4, -0.2) is 55.0 Å². The standard InChI is InChI=1S/C28H22F3N3O2/c1-33(2)13-14-34-26(35)21-7-3-5-18-15-19-6-4-8-22(24(19)25(23(18)21)27(34)36)32-16-17-9-11-20(12-10-17)28(29,30)31/h3-12,15-16H,13-14H2,1-2H3. The fourth-order valence-corrected chi connectivity index (χ4v) is 4.49. The van der Waals surface area contributed by atoms with Gasteiger partial charge in [-0.15, -0.1) is 0 Å². The van der Waals surface area contributed by atoms with Gasteiger partial charge in [0.2, 0.25) is 0 Å². The molecule has 36 heavy (non-hydrogen) atoms. The molecule has 1 aliphatic heterocycles. The monoisotopic (exact) mass is 489 g/mol. The Bertz CT molecular complexity index is 1540. The average molecular weight is 489 g/mol. The molecular formula is C28H22F3N3O2. The van der Waals surface area contributed by atoms with Gasteiger partial charge in [-0.3, -0.25) is 19.5 Å². The molecule has 4 aromatic carbocycles. The maximum absolute atomic E-state index is 13.7. The lowest BCUT2D eigenvalue weighted by atomic mass is 9.89. The Morgan fingerprint density at radius 1 is 0.889 bits per heavy atom. The molecule has 0 radical (unpaired) electrons. The zero-order chi connectivity index (χ0) is 25.6. The zero-order valence-electron chi connectivity index (χ0n) is 19.6. The van der Waals surface area contributed by atoms with Crippen molar-refractivity contribution in [2.45, 2.75) is 6.18 Å². The quantitative estimate of drug-likeness (QED) is 0.199. The molecule has 1 aliphatic rings. The third kappa shape index (κ3) is 4.13. The predicted molar refractivity (Wildman–Crippen MR) is 134 cm³/mol. The number of fused-ring (bicyclic) bond motifs is 2. The molecule has 5 nitrogen and oxygen atoms in total. The van der Waals surface area contributed by atoms with Gasteiger partial charge in [0.1, 0.15) is 0 Å². The molecule has 0 aliphatic carbocycles. The summed E-state index contributed by atoms with van der Waals surface area (Å²) in [5, 5.41) is 2.77. The summed E-state index contributed by atoms with van der Waals surface area (Å²) in [6, 6.07) is 17.5. The molecule has 2 amide bonds. The van der Waals surface area contributed by atoms with Crippen LogP contribution < -0.4 is 0 Å². The highest BCUT2D eigenvalue weighted by Crippen LogP contribution is 2.39. The number of carbonyl (C=O) groups excluding carboxylic acids is 2. The van der Waals surface area contributed by atoms with Crippen LogP contribution in [0.4, 0.5) is 18.9 Å². The van der Waals surface area contributed by atoms with Gasteiger partial charge in [0.15, 0.2) is 0 Å². The number of rotatable bonds is 5. The van der Waals surface area contributed by atoms with Gasteiger partial charge in [-0.2, -0.15) is 13.2 Å². The zero-order valence-corrected chi connectivity index (χ0v) is 19.6. The molecule has 1 heterocycles. The fourth-order valence-electron chi connectivity index (χ4n) is 4.49. The normalized spacial score (nSPS) is 14.1. The second kappa shape index (κ2) is 8.87. The number of hydrogen-bond acceptors (Lipinski definition) is 4. The van der Waals surface area contributed by atoms with Crippen LogP contribution in [0.25, 0.3) is 21.5 Å². The minimum atomic E-state index is -4.41. The lowest BCUT2D eigenvalue weighted by molar-refractivity contribution is -0.137. The number of aliphatic imine (C=N–C) groups is 1. The number of nitrogens with zero attached hydrogens (tertiary/aromatic N) is 3. The first-order chi connectivity index (χ1) is 17.1. The molecule has 182 valence electrons. The third-order valence-corrected chi connectivity index (χ3v) is 6.28. The van der Waals surface area contributed by atoms with Crippen LogP contribution in [0.15, 0.2) is 71.7 Å². The Labute approximate surface area is 205 Å². The summed E-state index contributed by atoms with van der Waals surface area (Å²) in [5.41, 5.74) is 1.13. The molecule has 0 unspecified atom stereocenters. The molecular weight excluding hydrogens is 467 g/mol. The molecule has 0 bridgehead atoms. The number of benzene rings is 4. The van der Waals surface area contributed by atoms with Crippen molar-refractivity contribution in [3.05, 3.63) is 89.0 Å². The maximum atomic E-state index is 13.7. The van der Waals surface area contributed by atoms with Gasteiger partial charge in [0.05, 0.1) is 16.8 Å². The average Bonchev–Trinajstić information content (AvgIpc) is 2.84. The second-order valence-electron chi connectivity index (χ2n) is 8.97. The lowest BCUT2D eigenvalue weighted by Gasteiger charge is -2.29. The Balaban J connectivity index is 1.66. The topological polar surface area (TPSA) is 53.0 Å². The number of hydrogen-bond donors (Lipinski definition) is 0. The van der Waals surface area contributed by atoms with Crippen molar-refractivity contribution in [3.63, 3.8) is 0 Å². The van der Waals surface area contributed by atoms with Crippen molar-refractivity contribution in [2.24, 2.45) is 4.99 Å². The smallest absolute Gasteiger partial charge is 0.308 e. The third-order valence-electron chi connectivity index (χ3n) is 6.28. The van der Waals surface area contributed by atoms with Crippen molar-refractivity contribution in [2.75, 3.05) is 27.2 Å². The summed E-state index contributed by atoms with van der Waals surface area (Å²) < 4.78 is 38.7. The van der Waals surface area contributed by atoms with E-state index in [1.165, 1.54) is 23.2 Å². The Kier molecular flexibility index (Phi) is 5.84. The molecule has 0 saturated heterocycles. The highest BCUT2D eigenvalue weighted by molar-refractivity contribution is 6.31. The molecule has 8 heteroatoms. The van der Waals surface area contributed by atoms with Crippen molar-refractivity contribution in [1.29, 1.82) is 0 Å². The summed E-state index contributed by atoms with van der Waals surface area (Å²) >= 11 is 0. The molecule has 0 atom stereocenters. The molecule has 5 rings (SSSR count). The Hall–Kier alpha value is -4.04. The van der Waals surface area contributed by atoms with Crippen molar-refractivity contribution in [3.8, 4) is 0 Å². The van der Waals surface area contributed by atoms with Crippen LogP contribution in [0.3, 0.4) is 0 Å². The van der Waals surface area contributed by atoms with Crippen LogP contribution in [0.2, 0.25) is 0 Å². The first-order valence-electron chi connectivity index (χ1n) is 11.4. The molecule has 4 aromatic rings. The molecule has 0 N–H and O–H groups in total. The number of alkyl halides is 3. The van der Waals surface area contributed by atoms with E-state index in [9.17, 15) is 22.8 Å². The second-order valence-corrected chi connectivity index (χ2v) is 8.97. The fraction of sp³-hybridized carbons (Fsp3) is 0.179. The van der Waals surface area contributed by atoms with Gasteiger partial charge in [-0.25, -0.2) is 0 Å². The van der Waals surface area contributed by atoms with E-state index >= 15 is 0 Å². The first-order valence-corrected chi connectivity index (χ1v) is 11.4. The van der Waals surface area contributed by atoms with E-state index in [1.807, 2.05) is 43.3 Å². The van der Waals surface area contributed by atoms with Gasteiger partial charge in [0, 0.05) is 35.6 Å². The summed E-state index contributed by atoms with van der Waals surface area (Å²) in [5.74, 6) is -0.710. The van der Waals surface area contributed by atoms with Crippen molar-refractivity contribution in [1.82, 2.24) is 9.80 Å². The lowest BCUT2D eigenvalue weighted by Crippen LogP contribution is -2.43. The van der Waals surface area contributed by atoms with Gasteiger partial charge < -0.3 is 4.90 Å². The van der Waals surface area contributed by atoms with Crippen molar-refractivity contribution >= 4 is 45.3 Å². The summed E-state index contributed by atoms with van der Waals surface area (Å²) in [6.45, 7) is 0.764. The van der Waals surface area contributed by atoms with E-state index in [2.05, 4.69) is 4.99 Å². The highest BCUT2D eigenvalue weighted by Gasteiger charge is 2.34. The van der Waals surface area contributed by atoms with E-state index in [4.69, 9.17) is 0 Å². The number of carbonyl (C=O) groups is 2. The molecule has 0 fully saturated rings. The van der Waals surface area contributed by atoms with Crippen LogP contribution in [0.1, 0.15) is 31.8 Å². The number of imide groups is 1. The van der Waals surface area contributed by atoms with Crippen molar-refractivity contribution < 1.29 is 22.8 Å². The van der Waals surface area contributed by atoms with Crippen LogP contribution in [0, 0.1) is 0 Å². The molecule has 0 saturated carbocycles.